The van der Waals surface area contributed by atoms with E-state index in [0.29, 0.717) is 12.8 Å². The molecular weight excluding hydrogens is 645 g/mol. The van der Waals surface area contributed by atoms with Crippen molar-refractivity contribution in [2.24, 2.45) is 0 Å². The summed E-state index contributed by atoms with van der Waals surface area (Å²) in [6, 6.07) is 0. The monoisotopic (exact) mass is 717 g/mol. The Balaban J connectivity index is 3.72. The maximum absolute atomic E-state index is 12.2. The fourth-order valence-electron chi connectivity index (χ4n) is 4.80. The van der Waals surface area contributed by atoms with Gasteiger partial charge in [-0.15, -0.1) is 0 Å². The van der Waals surface area contributed by atoms with Gasteiger partial charge in [0.1, 0.15) is 6.61 Å². The van der Waals surface area contributed by atoms with E-state index in [0.717, 1.165) is 96.3 Å². The Labute approximate surface area is 318 Å². The van der Waals surface area contributed by atoms with Gasteiger partial charge in [-0.1, -0.05) is 161 Å². The maximum Gasteiger partial charge on any atom is 0.306 e. The largest absolute Gasteiger partial charge is 0.462 e. The van der Waals surface area contributed by atoms with Gasteiger partial charge in [0.25, 0.3) is 0 Å². The highest BCUT2D eigenvalue weighted by atomic mass is 16.6. The van der Waals surface area contributed by atoms with Gasteiger partial charge in [0, 0.05) is 12.8 Å². The van der Waals surface area contributed by atoms with Crippen molar-refractivity contribution < 1.29 is 24.2 Å². The Morgan fingerprint density at radius 2 is 0.808 bits per heavy atom. The van der Waals surface area contributed by atoms with E-state index in [2.05, 4.69) is 123 Å². The van der Waals surface area contributed by atoms with E-state index in [-0.39, 0.29) is 31.6 Å². The van der Waals surface area contributed by atoms with Gasteiger partial charge in [0.15, 0.2) is 6.10 Å². The summed E-state index contributed by atoms with van der Waals surface area (Å²) < 4.78 is 10.5. The predicted octanol–water partition coefficient (Wildman–Crippen LogP) is 12.8. The number of hydrogen-bond donors (Lipinski definition) is 1. The predicted molar refractivity (Wildman–Crippen MR) is 223 cm³/mol. The Hall–Kier alpha value is -3.70. The molecular formula is C47H72O5. The van der Waals surface area contributed by atoms with E-state index in [9.17, 15) is 14.7 Å². The van der Waals surface area contributed by atoms with Crippen molar-refractivity contribution in [2.75, 3.05) is 13.2 Å². The molecule has 0 aliphatic heterocycles. The van der Waals surface area contributed by atoms with Crippen LogP contribution in [-0.2, 0) is 19.1 Å². The fourth-order valence-corrected chi connectivity index (χ4v) is 4.80. The van der Waals surface area contributed by atoms with Crippen molar-refractivity contribution >= 4 is 11.9 Å². The van der Waals surface area contributed by atoms with Crippen molar-refractivity contribution in [3.8, 4) is 0 Å². The van der Waals surface area contributed by atoms with Crippen LogP contribution >= 0.6 is 0 Å². The second kappa shape index (κ2) is 41.7. The smallest absolute Gasteiger partial charge is 0.306 e. The highest BCUT2D eigenvalue weighted by Crippen LogP contribution is 2.11. The number of ether oxygens (including phenoxy) is 2. The lowest BCUT2D eigenvalue weighted by Gasteiger charge is -2.15. The molecule has 0 bridgehead atoms. The van der Waals surface area contributed by atoms with Crippen LogP contribution in [0.4, 0.5) is 0 Å². The van der Waals surface area contributed by atoms with Gasteiger partial charge in [0.2, 0.25) is 0 Å². The SMILES string of the molecule is CC/C=C\C/C=C\C/C=C\C/C=C\C/C=C\C/C=C\CCCCCCCCC(=O)OC(CO)COC(=O)CC/C=C\C/C=C\C/C=C\C/C=C\CC. The minimum absolute atomic E-state index is 0.119. The van der Waals surface area contributed by atoms with Crippen LogP contribution in [0.15, 0.2) is 122 Å². The van der Waals surface area contributed by atoms with E-state index in [4.69, 9.17) is 9.47 Å². The summed E-state index contributed by atoms with van der Waals surface area (Å²) in [6.45, 7) is 3.80. The summed E-state index contributed by atoms with van der Waals surface area (Å²) in [4.78, 5) is 24.2. The van der Waals surface area contributed by atoms with E-state index in [1.54, 1.807) is 0 Å². The molecule has 0 aliphatic rings. The van der Waals surface area contributed by atoms with E-state index in [1.807, 2.05) is 12.2 Å². The first-order valence-electron chi connectivity index (χ1n) is 20.1. The van der Waals surface area contributed by atoms with Gasteiger partial charge in [-0.25, -0.2) is 0 Å². The van der Waals surface area contributed by atoms with Crippen LogP contribution in [0.3, 0.4) is 0 Å². The van der Waals surface area contributed by atoms with Crippen molar-refractivity contribution in [1.82, 2.24) is 0 Å². The van der Waals surface area contributed by atoms with Gasteiger partial charge >= 0.3 is 11.9 Å². The van der Waals surface area contributed by atoms with Crippen molar-refractivity contribution in [1.29, 1.82) is 0 Å². The van der Waals surface area contributed by atoms with E-state index in [1.165, 1.54) is 12.8 Å². The quantitative estimate of drug-likeness (QED) is 0.0408. The highest BCUT2D eigenvalue weighted by Gasteiger charge is 2.15. The first kappa shape index (κ1) is 48.3. The Bertz CT molecular complexity index is 1130. The third-order valence-electron chi connectivity index (χ3n) is 7.76. The number of esters is 2. The number of hydrogen-bond acceptors (Lipinski definition) is 5. The molecule has 0 aromatic heterocycles. The minimum Gasteiger partial charge on any atom is -0.462 e. The van der Waals surface area contributed by atoms with Gasteiger partial charge < -0.3 is 14.6 Å². The molecule has 290 valence electrons. The molecule has 52 heavy (non-hydrogen) atoms. The summed E-state index contributed by atoms with van der Waals surface area (Å²) in [7, 11) is 0. The molecule has 0 saturated heterocycles. The Kier molecular flexibility index (Phi) is 38.8. The number of allylic oxidation sites excluding steroid dienone is 20. The summed E-state index contributed by atoms with van der Waals surface area (Å²) in [5.41, 5.74) is 0. The normalized spacial score (nSPS) is 13.5. The molecule has 0 radical (unpaired) electrons. The lowest BCUT2D eigenvalue weighted by Crippen LogP contribution is -2.28. The fraction of sp³-hybridized carbons (Fsp3) is 0.532. The van der Waals surface area contributed by atoms with Gasteiger partial charge in [-0.3, -0.25) is 9.59 Å². The average Bonchev–Trinajstić information content (AvgIpc) is 3.15. The van der Waals surface area contributed by atoms with Crippen molar-refractivity contribution in [3.63, 3.8) is 0 Å². The highest BCUT2D eigenvalue weighted by molar-refractivity contribution is 5.70. The number of carbonyl (C=O) groups excluding carboxylic acids is 2. The van der Waals surface area contributed by atoms with Crippen molar-refractivity contribution in [3.05, 3.63) is 122 Å². The molecule has 0 aromatic rings. The van der Waals surface area contributed by atoms with Crippen LogP contribution in [0, 0.1) is 0 Å². The Morgan fingerprint density at radius 1 is 0.442 bits per heavy atom. The van der Waals surface area contributed by atoms with E-state index < -0.39 is 6.10 Å². The summed E-state index contributed by atoms with van der Waals surface area (Å²) in [6.07, 6.45) is 61.3. The number of carbonyl (C=O) groups is 2. The first-order chi connectivity index (χ1) is 25.6. The molecule has 0 amide bonds. The molecule has 0 aliphatic carbocycles. The standard InChI is InChI=1S/C47H72O5/c1-3-5-7-9-11-13-15-17-18-19-20-21-22-23-24-25-26-27-28-30-32-34-36-38-40-42-47(50)52-45(43-48)44-51-46(49)41-39-37-35-33-31-29-16-14-12-10-8-6-4-2/h5-8,11-14,17-18,20-21,23-24,26-27,29,31,35,37,45,48H,3-4,9-10,15-16,19,22,25,28,30,32-34,36,38-44H2,1-2H3/b7-5-,8-6-,13-11-,14-12-,18-17-,21-20-,24-23-,27-26-,31-29-,37-35-. The van der Waals surface area contributed by atoms with Crippen LogP contribution < -0.4 is 0 Å². The van der Waals surface area contributed by atoms with Crippen LogP contribution in [0.25, 0.3) is 0 Å². The average molecular weight is 717 g/mol. The third-order valence-corrected chi connectivity index (χ3v) is 7.76. The molecule has 0 fully saturated rings. The zero-order valence-electron chi connectivity index (χ0n) is 32.8. The minimum atomic E-state index is -0.817. The summed E-state index contributed by atoms with van der Waals surface area (Å²) in [5, 5.41) is 9.54. The molecule has 1 N–H and O–H groups in total. The molecule has 0 aromatic carbocycles. The van der Waals surface area contributed by atoms with Crippen LogP contribution in [-0.4, -0.2) is 36.4 Å². The first-order valence-corrected chi connectivity index (χ1v) is 20.1. The topological polar surface area (TPSA) is 72.8 Å². The molecule has 5 nitrogen and oxygen atoms in total. The zero-order valence-corrected chi connectivity index (χ0v) is 32.8. The summed E-state index contributed by atoms with van der Waals surface area (Å²) >= 11 is 0. The molecule has 0 rings (SSSR count). The number of unbranched alkanes of at least 4 members (excludes halogenated alkanes) is 6. The van der Waals surface area contributed by atoms with Crippen LogP contribution in [0.5, 0.6) is 0 Å². The lowest BCUT2D eigenvalue weighted by atomic mass is 10.1. The summed E-state index contributed by atoms with van der Waals surface area (Å²) in [5.74, 6) is -0.717. The molecule has 5 heteroatoms. The number of aliphatic hydroxyl groups excluding tert-OH is 1. The molecule has 1 unspecified atom stereocenters. The Morgan fingerprint density at radius 3 is 1.23 bits per heavy atom. The number of rotatable bonds is 34. The van der Waals surface area contributed by atoms with E-state index >= 15 is 0 Å². The second-order valence-corrected chi connectivity index (χ2v) is 12.6. The van der Waals surface area contributed by atoms with Crippen molar-refractivity contribution in [2.45, 2.75) is 148 Å². The van der Waals surface area contributed by atoms with Gasteiger partial charge in [-0.2, -0.15) is 0 Å². The molecule has 1 atom stereocenters. The molecule has 0 spiro atoms. The van der Waals surface area contributed by atoms with Gasteiger partial charge in [0.05, 0.1) is 6.61 Å². The zero-order chi connectivity index (χ0) is 37.8. The number of aliphatic hydroxyl groups is 1. The van der Waals surface area contributed by atoms with Crippen LogP contribution in [0.2, 0.25) is 0 Å². The molecule has 0 saturated carbocycles. The second-order valence-electron chi connectivity index (χ2n) is 12.6. The molecule has 0 heterocycles. The van der Waals surface area contributed by atoms with Crippen LogP contribution in [0.1, 0.15) is 142 Å². The van der Waals surface area contributed by atoms with Gasteiger partial charge in [-0.05, 0) is 89.9 Å². The lowest BCUT2D eigenvalue weighted by molar-refractivity contribution is -0.161. The third kappa shape index (κ3) is 39.1. The maximum atomic E-state index is 12.2.